The van der Waals surface area contributed by atoms with E-state index in [0.717, 1.165) is 6.42 Å². The van der Waals surface area contributed by atoms with Crippen molar-refractivity contribution in [3.63, 3.8) is 0 Å². The third-order valence-electron chi connectivity index (χ3n) is 17.1. The van der Waals surface area contributed by atoms with Gasteiger partial charge in [-0.25, -0.2) is 13.2 Å². The number of hydrogen-bond acceptors (Lipinski definition) is 13. The van der Waals surface area contributed by atoms with Gasteiger partial charge in [-0.1, -0.05) is 61.5 Å². The Morgan fingerprint density at radius 3 is 2.21 bits per heavy atom. The number of ether oxygens (including phenoxy) is 5. The summed E-state index contributed by atoms with van der Waals surface area (Å²) in [6.45, 7) is 21.6. The van der Waals surface area contributed by atoms with E-state index >= 15 is 0 Å². The molecule has 0 aromatic heterocycles. The summed E-state index contributed by atoms with van der Waals surface area (Å²) >= 11 is 0. The van der Waals surface area contributed by atoms with Crippen molar-refractivity contribution < 1.29 is 61.8 Å². The SMILES string of the molecule is CC[C@@H](C(=O)[C@@H](C)[C@@H](O)[C@H](C)[C@@H]1O[C@@H]([C@@H](CC)C(=O)O)CC[C@@H]1C)[C@H]1O[C@]2(C=C[C@@H](NC(=O)NCCCN3CCS(=O)(=O)CC3)[C@]3(CC[C@@](C)([C@H]4CC[C@](O)(CC)[C@H](C)O4)O3)O2)[C@H](C)C[C@@H]1C. The maximum Gasteiger partial charge on any atom is 0.315 e. The van der Waals surface area contributed by atoms with Crippen molar-refractivity contribution in [1.82, 2.24) is 15.5 Å². The summed E-state index contributed by atoms with van der Waals surface area (Å²) in [5.41, 5.74) is -1.78. The number of ketones is 1. The van der Waals surface area contributed by atoms with Crippen LogP contribution in [-0.2, 0) is 43.1 Å². The first-order valence-corrected chi connectivity index (χ1v) is 27.5. The summed E-state index contributed by atoms with van der Waals surface area (Å²) in [5.74, 6) is -5.99. The molecular weight excluding hydrogens is 883 g/mol. The van der Waals surface area contributed by atoms with Gasteiger partial charge in [-0.05, 0) is 103 Å². The summed E-state index contributed by atoms with van der Waals surface area (Å²) < 4.78 is 58.4. The van der Waals surface area contributed by atoms with Gasteiger partial charge in [-0.2, -0.15) is 0 Å². The Morgan fingerprint density at radius 1 is 0.896 bits per heavy atom. The van der Waals surface area contributed by atoms with Gasteiger partial charge >= 0.3 is 12.0 Å². The van der Waals surface area contributed by atoms with Gasteiger partial charge in [0.15, 0.2) is 21.4 Å². The number of carboxylic acid groups (broad SMARTS) is 1. The monoisotopic (exact) mass is 968 g/mol. The topological polar surface area (TPSA) is 219 Å². The molecule has 0 aliphatic carbocycles. The van der Waals surface area contributed by atoms with Crippen molar-refractivity contribution in [3.05, 3.63) is 12.2 Å². The molecule has 6 rings (SSSR count). The summed E-state index contributed by atoms with van der Waals surface area (Å²) in [7, 11) is -2.98. The number of carboxylic acids is 1. The molecule has 5 fully saturated rings. The Morgan fingerprint density at radius 2 is 1.58 bits per heavy atom. The molecule has 6 aliphatic rings. The Bertz CT molecular complexity index is 1860. The Labute approximate surface area is 400 Å². The molecule has 0 saturated carbocycles. The number of amides is 2. The second-order valence-electron chi connectivity index (χ2n) is 21.7. The molecule has 2 amide bonds. The summed E-state index contributed by atoms with van der Waals surface area (Å²) in [6.07, 6.45) is 6.76. The van der Waals surface area contributed by atoms with Gasteiger partial charge in [0.1, 0.15) is 11.8 Å². The molecule has 6 heterocycles. The molecule has 17 heteroatoms. The van der Waals surface area contributed by atoms with Crippen LogP contribution in [0.25, 0.3) is 0 Å². The van der Waals surface area contributed by atoms with E-state index in [4.69, 9.17) is 23.7 Å². The van der Waals surface area contributed by atoms with Crippen molar-refractivity contribution >= 4 is 27.6 Å². The Balaban J connectivity index is 1.20. The van der Waals surface area contributed by atoms with E-state index in [2.05, 4.69) is 36.3 Å². The number of carbonyl (C=O) groups excluding carboxylic acids is 2. The van der Waals surface area contributed by atoms with Crippen molar-refractivity contribution in [1.29, 1.82) is 0 Å². The lowest BCUT2D eigenvalue weighted by atomic mass is 9.72. The van der Waals surface area contributed by atoms with Gasteiger partial charge in [0.05, 0.1) is 65.2 Å². The maximum atomic E-state index is 14.7. The van der Waals surface area contributed by atoms with Crippen LogP contribution in [-0.4, -0.2) is 150 Å². The van der Waals surface area contributed by atoms with E-state index in [1.165, 1.54) is 0 Å². The van der Waals surface area contributed by atoms with Gasteiger partial charge in [-0.15, -0.1) is 0 Å². The molecular formula is C50H85N3O13S. The van der Waals surface area contributed by atoms with E-state index in [1.54, 1.807) is 6.92 Å². The fourth-order valence-corrected chi connectivity index (χ4v) is 13.6. The lowest BCUT2D eigenvalue weighted by molar-refractivity contribution is -0.397. The van der Waals surface area contributed by atoms with Crippen LogP contribution in [0.4, 0.5) is 4.79 Å². The molecule has 384 valence electrons. The third-order valence-corrected chi connectivity index (χ3v) is 18.7. The van der Waals surface area contributed by atoms with Crippen LogP contribution < -0.4 is 10.6 Å². The first kappa shape index (κ1) is 54.1. The Hall–Kier alpha value is -2.22. The molecule has 5 saturated heterocycles. The molecule has 6 aliphatic heterocycles. The van der Waals surface area contributed by atoms with Crippen molar-refractivity contribution in [2.45, 2.75) is 205 Å². The number of nitrogens with one attached hydrogen (secondary N) is 2. The summed E-state index contributed by atoms with van der Waals surface area (Å²) in [4.78, 5) is 42.6. The Kier molecular flexibility index (Phi) is 17.5. The highest BCUT2D eigenvalue weighted by Gasteiger charge is 2.63. The number of Topliss-reactive ketones (excluding diaryl/α,β-unsaturated/α-hetero) is 1. The zero-order valence-electron chi connectivity index (χ0n) is 42.0. The highest BCUT2D eigenvalue weighted by Crippen LogP contribution is 2.54. The number of sulfone groups is 1. The van der Waals surface area contributed by atoms with E-state index < -0.39 is 105 Å². The van der Waals surface area contributed by atoms with Crippen LogP contribution in [0.1, 0.15) is 140 Å². The standard InChI is InChI=1S/C50H85N3O13S/c1-11-36(45(56)57)38-16-15-30(4)43(63-38)34(8)41(54)33(7)42(55)37(12-2)44-31(5)29-32(6)49(64-44)20-17-39(52-46(58)51-23-14-24-53-25-27-67(60,61)28-26-53)50(66-49)22-21-47(10,65-50)40-18-19-48(59,13-3)35(9)62-40/h17,20,30-41,43-44,54,59H,11-16,18-19,21-29H2,1-10H3,(H,56,57)(H2,51,52,58)/t30-,31-,32+,33-,34-,35-,36+,37-,38+,39+,40+,41+,43+,44-,47-,48+,49-,50-/m0/s1. The quantitative estimate of drug-likeness (QED) is 0.0884. The van der Waals surface area contributed by atoms with Gasteiger partial charge < -0.3 is 54.5 Å². The third kappa shape index (κ3) is 11.6. The highest BCUT2D eigenvalue weighted by molar-refractivity contribution is 7.91. The number of aliphatic hydroxyl groups is 2. The molecule has 5 N–H and O–H groups in total. The molecule has 16 nitrogen and oxygen atoms in total. The minimum atomic E-state index is -2.98. The number of nitrogens with zero attached hydrogens (tertiary/aromatic N) is 1. The molecule has 2 spiro atoms. The van der Waals surface area contributed by atoms with Crippen LogP contribution >= 0.6 is 0 Å². The fraction of sp³-hybridized carbons (Fsp3) is 0.900. The first-order chi connectivity index (χ1) is 31.5. The number of aliphatic carboxylic acids is 1. The first-order valence-electron chi connectivity index (χ1n) is 25.7. The van der Waals surface area contributed by atoms with Gasteiger partial charge in [0.25, 0.3) is 0 Å². The average Bonchev–Trinajstić information content (AvgIpc) is 3.63. The zero-order chi connectivity index (χ0) is 49.3. The molecule has 18 atom stereocenters. The van der Waals surface area contributed by atoms with E-state index in [9.17, 15) is 38.1 Å². The fourth-order valence-electron chi connectivity index (χ4n) is 12.3. The van der Waals surface area contributed by atoms with Crippen molar-refractivity contribution in [3.8, 4) is 0 Å². The normalized spacial score (nSPS) is 41.3. The molecule has 0 aromatic rings. The number of rotatable bonds is 17. The van der Waals surface area contributed by atoms with E-state index in [-0.39, 0.29) is 41.1 Å². The van der Waals surface area contributed by atoms with Crippen molar-refractivity contribution in [2.24, 2.45) is 41.4 Å². The lowest BCUT2D eigenvalue weighted by Gasteiger charge is -2.55. The van der Waals surface area contributed by atoms with E-state index in [1.807, 2.05) is 53.7 Å². The van der Waals surface area contributed by atoms with Crippen LogP contribution in [0.3, 0.4) is 0 Å². The highest BCUT2D eigenvalue weighted by atomic mass is 32.2. The van der Waals surface area contributed by atoms with Gasteiger partial charge in [-0.3, -0.25) is 9.59 Å². The molecule has 0 aromatic carbocycles. The van der Waals surface area contributed by atoms with Crippen molar-refractivity contribution in [2.75, 3.05) is 37.7 Å². The molecule has 0 radical (unpaired) electrons. The van der Waals surface area contributed by atoms with Crippen LogP contribution in [0.5, 0.6) is 0 Å². The largest absolute Gasteiger partial charge is 0.481 e. The summed E-state index contributed by atoms with van der Waals surface area (Å²) in [5, 5.41) is 39.2. The predicted molar refractivity (Wildman–Crippen MR) is 253 cm³/mol. The lowest BCUT2D eigenvalue weighted by Crippen LogP contribution is -2.66. The smallest absolute Gasteiger partial charge is 0.315 e. The number of aliphatic hydroxyl groups excluding tert-OH is 1. The molecule has 0 bridgehead atoms. The number of hydrogen-bond donors (Lipinski definition) is 5. The predicted octanol–water partition coefficient (Wildman–Crippen LogP) is 5.62. The van der Waals surface area contributed by atoms with Crippen LogP contribution in [0, 0.1) is 41.4 Å². The second-order valence-corrected chi connectivity index (χ2v) is 24.0. The zero-order valence-corrected chi connectivity index (χ0v) is 42.9. The van der Waals surface area contributed by atoms with Crippen LogP contribution in [0.2, 0.25) is 0 Å². The van der Waals surface area contributed by atoms with Gasteiger partial charge in [0, 0.05) is 49.7 Å². The van der Waals surface area contributed by atoms with Crippen LogP contribution in [0.15, 0.2) is 12.2 Å². The second kappa shape index (κ2) is 21.6. The number of carbonyl (C=O) groups is 3. The minimum Gasteiger partial charge on any atom is -0.481 e. The molecule has 0 unspecified atom stereocenters. The summed E-state index contributed by atoms with van der Waals surface area (Å²) in [6, 6.07) is -1.14. The van der Waals surface area contributed by atoms with E-state index in [0.29, 0.717) is 90.4 Å². The minimum absolute atomic E-state index is 0.0473. The number of urea groups is 1. The molecule has 67 heavy (non-hydrogen) atoms. The maximum absolute atomic E-state index is 14.7. The van der Waals surface area contributed by atoms with Gasteiger partial charge in [0.2, 0.25) is 0 Å². The average molecular weight is 968 g/mol.